The largest absolute Gasteiger partial charge is 0.507 e. The van der Waals surface area contributed by atoms with E-state index >= 15 is 0 Å². The monoisotopic (exact) mass is 250 g/mol. The van der Waals surface area contributed by atoms with Gasteiger partial charge in [-0.05, 0) is 35.5 Å². The fourth-order valence-electron chi connectivity index (χ4n) is 1.55. The van der Waals surface area contributed by atoms with Crippen molar-refractivity contribution in [2.75, 3.05) is 0 Å². The molecule has 0 amide bonds. The van der Waals surface area contributed by atoms with Gasteiger partial charge in [0.25, 0.3) is 0 Å². The number of aliphatic imine (C=N–C) groups is 1. The first-order valence-corrected chi connectivity index (χ1v) is 5.50. The molecule has 4 heteroatoms. The summed E-state index contributed by atoms with van der Waals surface area (Å²) >= 11 is 0. The van der Waals surface area contributed by atoms with E-state index in [2.05, 4.69) is 16.1 Å². The number of terminal acetylenes is 1. The van der Waals surface area contributed by atoms with E-state index in [9.17, 15) is 10.0 Å². The Balaban J connectivity index is 2.38. The maximum Gasteiger partial charge on any atom is 0.124 e. The summed E-state index contributed by atoms with van der Waals surface area (Å²) < 4.78 is 0. The average Bonchev–Trinajstić information content (AvgIpc) is 2.46. The Labute approximate surface area is 110 Å². The molecule has 0 heterocycles. The number of nitroso groups, excluding NO2 is 1. The van der Waals surface area contributed by atoms with E-state index in [1.807, 2.05) is 12.1 Å². The molecule has 1 N–H and O–H groups in total. The number of rotatable bonds is 3. The molecular weight excluding hydrogens is 240 g/mol. The van der Waals surface area contributed by atoms with Gasteiger partial charge in [-0.15, -0.1) is 11.3 Å². The maximum absolute atomic E-state index is 10.4. The zero-order chi connectivity index (χ0) is 13.7. The van der Waals surface area contributed by atoms with Gasteiger partial charge < -0.3 is 5.11 Å². The molecule has 2 rings (SSSR count). The van der Waals surface area contributed by atoms with Gasteiger partial charge in [-0.25, -0.2) is 0 Å². The zero-order valence-corrected chi connectivity index (χ0v) is 9.95. The molecule has 0 saturated carbocycles. The number of para-hydroxylation sites is 1. The number of phenols is 1. The van der Waals surface area contributed by atoms with Crippen LogP contribution in [0.1, 0.15) is 11.1 Å². The first-order valence-electron chi connectivity index (χ1n) is 5.50. The van der Waals surface area contributed by atoms with Crippen LogP contribution in [0.25, 0.3) is 0 Å². The molecule has 0 unspecified atom stereocenters. The fraction of sp³-hybridized carbons (Fsp3) is 0. The van der Waals surface area contributed by atoms with Crippen LogP contribution in [0.5, 0.6) is 5.75 Å². The predicted octanol–water partition coefficient (Wildman–Crippen LogP) is 3.52. The summed E-state index contributed by atoms with van der Waals surface area (Å²) in [7, 11) is 0. The molecule has 0 aliphatic heterocycles. The summed E-state index contributed by atoms with van der Waals surface area (Å²) in [4.78, 5) is 14.7. The number of hydrogen-bond donors (Lipinski definition) is 1. The Morgan fingerprint density at radius 1 is 1.21 bits per heavy atom. The number of phenolic OH excluding ortho intramolecular Hbond substituents is 1. The van der Waals surface area contributed by atoms with E-state index in [-0.39, 0.29) is 11.4 Å². The first-order chi connectivity index (χ1) is 9.24. The summed E-state index contributed by atoms with van der Waals surface area (Å²) in [6, 6.07) is 11.4. The van der Waals surface area contributed by atoms with E-state index in [4.69, 9.17) is 6.42 Å². The molecule has 0 fully saturated rings. The van der Waals surface area contributed by atoms with Gasteiger partial charge in [0.05, 0.1) is 5.69 Å². The van der Waals surface area contributed by atoms with Gasteiger partial charge in [-0.3, -0.25) is 4.99 Å². The van der Waals surface area contributed by atoms with Crippen molar-refractivity contribution in [2.45, 2.75) is 0 Å². The molecule has 0 aliphatic carbocycles. The summed E-state index contributed by atoms with van der Waals surface area (Å²) in [6.45, 7) is 0. The number of hydrogen-bond acceptors (Lipinski definition) is 4. The molecule has 0 aliphatic rings. The normalized spacial score (nSPS) is 10.3. The van der Waals surface area contributed by atoms with Crippen molar-refractivity contribution in [3.8, 4) is 18.1 Å². The van der Waals surface area contributed by atoms with E-state index in [1.165, 1.54) is 24.4 Å². The smallest absolute Gasteiger partial charge is 0.124 e. The lowest BCUT2D eigenvalue weighted by molar-refractivity contribution is 0.474. The minimum atomic E-state index is 0.0225. The van der Waals surface area contributed by atoms with Crippen molar-refractivity contribution in [3.63, 3.8) is 0 Å². The Bertz CT molecular complexity index is 685. The van der Waals surface area contributed by atoms with Gasteiger partial charge in [0.15, 0.2) is 0 Å². The van der Waals surface area contributed by atoms with E-state index in [0.717, 1.165) is 0 Å². The van der Waals surface area contributed by atoms with Crippen LogP contribution >= 0.6 is 0 Å². The molecule has 4 nitrogen and oxygen atoms in total. The average molecular weight is 250 g/mol. The fourth-order valence-corrected chi connectivity index (χ4v) is 1.55. The van der Waals surface area contributed by atoms with Crippen molar-refractivity contribution < 1.29 is 5.11 Å². The third-order valence-corrected chi connectivity index (χ3v) is 2.52. The lowest BCUT2D eigenvalue weighted by atomic mass is 10.1. The molecule has 19 heavy (non-hydrogen) atoms. The molecule has 92 valence electrons. The molecule has 0 saturated heterocycles. The van der Waals surface area contributed by atoms with Gasteiger partial charge in [0.2, 0.25) is 0 Å². The van der Waals surface area contributed by atoms with E-state index in [0.29, 0.717) is 16.8 Å². The number of aromatic hydroxyl groups is 1. The Morgan fingerprint density at radius 2 is 2.00 bits per heavy atom. The topological polar surface area (TPSA) is 62.0 Å². The van der Waals surface area contributed by atoms with Crippen molar-refractivity contribution in [1.82, 2.24) is 0 Å². The molecule has 2 aromatic carbocycles. The van der Waals surface area contributed by atoms with Crippen molar-refractivity contribution >= 4 is 17.6 Å². The van der Waals surface area contributed by atoms with Crippen LogP contribution < -0.4 is 0 Å². The van der Waals surface area contributed by atoms with E-state index < -0.39 is 0 Å². The molecule has 0 bridgehead atoms. The second-order valence-corrected chi connectivity index (χ2v) is 3.75. The van der Waals surface area contributed by atoms with Crippen LogP contribution in [0.15, 0.2) is 52.6 Å². The quantitative estimate of drug-likeness (QED) is 0.514. The van der Waals surface area contributed by atoms with Crippen LogP contribution in [-0.2, 0) is 0 Å². The van der Waals surface area contributed by atoms with Crippen molar-refractivity contribution in [2.24, 2.45) is 10.2 Å². The van der Waals surface area contributed by atoms with E-state index in [1.54, 1.807) is 12.1 Å². The minimum Gasteiger partial charge on any atom is -0.507 e. The highest BCUT2D eigenvalue weighted by atomic mass is 16.3. The summed E-state index contributed by atoms with van der Waals surface area (Å²) in [5, 5.41) is 12.5. The van der Waals surface area contributed by atoms with Crippen LogP contribution in [0.3, 0.4) is 0 Å². The maximum atomic E-state index is 10.4. The summed E-state index contributed by atoms with van der Waals surface area (Å²) in [6.07, 6.45) is 6.81. The van der Waals surface area contributed by atoms with Gasteiger partial charge in [-0.1, -0.05) is 18.1 Å². The number of nitrogens with zero attached hydrogens (tertiary/aromatic N) is 2. The third-order valence-electron chi connectivity index (χ3n) is 2.52. The second kappa shape index (κ2) is 5.61. The van der Waals surface area contributed by atoms with Crippen LogP contribution in [0.4, 0.5) is 11.4 Å². The van der Waals surface area contributed by atoms with Crippen LogP contribution in [-0.4, -0.2) is 11.3 Å². The molecule has 0 spiro atoms. The SMILES string of the molecule is C#Cc1ccccc1N=Cc1cc(N=O)ccc1O. The molecule has 0 aromatic heterocycles. The molecule has 0 radical (unpaired) electrons. The zero-order valence-electron chi connectivity index (χ0n) is 9.95. The molecule has 2 aromatic rings. The van der Waals surface area contributed by atoms with Crippen molar-refractivity contribution in [1.29, 1.82) is 0 Å². The Kier molecular flexibility index (Phi) is 3.70. The Hall–Kier alpha value is -2.93. The van der Waals surface area contributed by atoms with Gasteiger partial charge in [0.1, 0.15) is 11.4 Å². The summed E-state index contributed by atoms with van der Waals surface area (Å²) in [5.74, 6) is 2.55. The molecular formula is C15H10N2O2. The van der Waals surface area contributed by atoms with Crippen molar-refractivity contribution in [3.05, 3.63) is 58.5 Å². The highest BCUT2D eigenvalue weighted by Gasteiger charge is 2.01. The lowest BCUT2D eigenvalue weighted by Crippen LogP contribution is -1.83. The minimum absolute atomic E-state index is 0.0225. The third kappa shape index (κ3) is 2.85. The van der Waals surface area contributed by atoms with Crippen LogP contribution in [0.2, 0.25) is 0 Å². The van der Waals surface area contributed by atoms with Gasteiger partial charge >= 0.3 is 0 Å². The Morgan fingerprint density at radius 3 is 2.74 bits per heavy atom. The van der Waals surface area contributed by atoms with Gasteiger partial charge in [-0.2, -0.15) is 0 Å². The highest BCUT2D eigenvalue weighted by molar-refractivity contribution is 5.87. The van der Waals surface area contributed by atoms with Crippen LogP contribution in [0, 0.1) is 17.3 Å². The second-order valence-electron chi connectivity index (χ2n) is 3.75. The summed E-state index contributed by atoms with van der Waals surface area (Å²) in [5.41, 5.74) is 1.91. The van der Waals surface area contributed by atoms with Gasteiger partial charge in [0, 0.05) is 17.3 Å². The predicted molar refractivity (Wildman–Crippen MR) is 75.2 cm³/mol. The molecule has 0 atom stereocenters. The first kappa shape index (κ1) is 12.5. The standard InChI is InChI=1S/C15H10N2O2/c1-2-11-5-3-4-6-14(11)16-10-12-9-13(17-19)7-8-15(12)18/h1,3-10,18H. The lowest BCUT2D eigenvalue weighted by Gasteiger charge is -2.00. The highest BCUT2D eigenvalue weighted by Crippen LogP contribution is 2.23. The number of benzene rings is 2.